The maximum absolute atomic E-state index is 4.53. The molecule has 27 heavy (non-hydrogen) atoms. The summed E-state index contributed by atoms with van der Waals surface area (Å²) in [5, 5.41) is 3.64. The molecule has 2 aromatic rings. The number of halogens is 1. The maximum atomic E-state index is 4.53. The number of aromatic nitrogens is 1. The molecule has 0 amide bonds. The Morgan fingerprint density at radius 3 is 2.33 bits per heavy atom. The highest BCUT2D eigenvalue weighted by Crippen LogP contribution is 2.47. The molecule has 0 atom stereocenters. The standard InChI is InChI=1S/C21H27N5.HI/c1-22-20(24-17-21(10-11-21)18-7-3-2-4-8-18)26-15-13-25(14-16-26)19-9-5-6-12-23-19;/h2-9,12H,10-11,13-17H2,1H3,(H,22,24);1H. The number of hydrogen-bond donors (Lipinski definition) is 1. The van der Waals surface area contributed by atoms with Crippen molar-refractivity contribution in [3.63, 3.8) is 0 Å². The van der Waals surface area contributed by atoms with Gasteiger partial charge in [-0.3, -0.25) is 4.99 Å². The quantitative estimate of drug-likeness (QED) is 0.418. The molecular formula is C21H28IN5. The second-order valence-electron chi connectivity index (χ2n) is 7.21. The van der Waals surface area contributed by atoms with Gasteiger partial charge in [0.2, 0.25) is 0 Å². The molecule has 1 aromatic heterocycles. The highest BCUT2D eigenvalue weighted by atomic mass is 127. The van der Waals surface area contributed by atoms with Gasteiger partial charge in [0, 0.05) is 51.4 Å². The zero-order valence-corrected chi connectivity index (χ0v) is 18.2. The lowest BCUT2D eigenvalue weighted by Crippen LogP contribution is -2.53. The maximum Gasteiger partial charge on any atom is 0.193 e. The van der Waals surface area contributed by atoms with Gasteiger partial charge in [0.25, 0.3) is 0 Å². The monoisotopic (exact) mass is 477 g/mol. The second-order valence-corrected chi connectivity index (χ2v) is 7.21. The van der Waals surface area contributed by atoms with Crippen LogP contribution in [0.2, 0.25) is 0 Å². The minimum absolute atomic E-state index is 0. The first-order valence-electron chi connectivity index (χ1n) is 9.48. The molecule has 0 spiro atoms. The molecule has 144 valence electrons. The molecule has 0 bridgehead atoms. The van der Waals surface area contributed by atoms with Crippen LogP contribution >= 0.6 is 24.0 Å². The number of nitrogens with zero attached hydrogens (tertiary/aromatic N) is 4. The number of guanidine groups is 1. The molecule has 2 heterocycles. The smallest absolute Gasteiger partial charge is 0.193 e. The summed E-state index contributed by atoms with van der Waals surface area (Å²) in [6.07, 6.45) is 4.38. The third-order valence-electron chi connectivity index (χ3n) is 5.59. The predicted octanol–water partition coefficient (Wildman–Crippen LogP) is 3.13. The van der Waals surface area contributed by atoms with Crippen LogP contribution in [0.5, 0.6) is 0 Å². The summed E-state index contributed by atoms with van der Waals surface area (Å²) < 4.78 is 0. The predicted molar refractivity (Wildman–Crippen MR) is 122 cm³/mol. The Balaban J connectivity index is 0.00000210. The van der Waals surface area contributed by atoms with Gasteiger partial charge in [-0.2, -0.15) is 0 Å². The van der Waals surface area contributed by atoms with Gasteiger partial charge in [-0.1, -0.05) is 36.4 Å². The fourth-order valence-corrected chi connectivity index (χ4v) is 3.78. The summed E-state index contributed by atoms with van der Waals surface area (Å²) >= 11 is 0. The number of piperazine rings is 1. The topological polar surface area (TPSA) is 43.8 Å². The largest absolute Gasteiger partial charge is 0.355 e. The molecule has 0 unspecified atom stereocenters. The fourth-order valence-electron chi connectivity index (χ4n) is 3.78. The van der Waals surface area contributed by atoms with E-state index >= 15 is 0 Å². The first-order chi connectivity index (χ1) is 12.8. The van der Waals surface area contributed by atoms with Crippen molar-refractivity contribution in [2.75, 3.05) is 44.7 Å². The summed E-state index contributed by atoms with van der Waals surface area (Å²) in [7, 11) is 1.88. The van der Waals surface area contributed by atoms with Crippen molar-refractivity contribution in [2.45, 2.75) is 18.3 Å². The summed E-state index contributed by atoms with van der Waals surface area (Å²) in [6.45, 7) is 4.84. The highest BCUT2D eigenvalue weighted by Gasteiger charge is 2.44. The third kappa shape index (κ3) is 4.54. The summed E-state index contributed by atoms with van der Waals surface area (Å²) in [6, 6.07) is 17.0. The van der Waals surface area contributed by atoms with Crippen LogP contribution in [0.3, 0.4) is 0 Å². The molecule has 1 saturated carbocycles. The van der Waals surface area contributed by atoms with Gasteiger partial charge >= 0.3 is 0 Å². The second kappa shape index (κ2) is 8.91. The fraction of sp³-hybridized carbons (Fsp3) is 0.429. The van der Waals surface area contributed by atoms with Gasteiger partial charge in [0.05, 0.1) is 0 Å². The molecular weight excluding hydrogens is 449 g/mol. The lowest BCUT2D eigenvalue weighted by Gasteiger charge is -2.37. The first-order valence-corrected chi connectivity index (χ1v) is 9.48. The van der Waals surface area contributed by atoms with Crippen molar-refractivity contribution >= 4 is 35.8 Å². The van der Waals surface area contributed by atoms with E-state index in [2.05, 4.69) is 61.5 Å². The normalized spacial score (nSPS) is 18.6. The molecule has 1 N–H and O–H groups in total. The zero-order chi connectivity index (χ0) is 17.8. The number of nitrogens with one attached hydrogen (secondary N) is 1. The van der Waals surface area contributed by atoms with Gasteiger partial charge in [-0.15, -0.1) is 24.0 Å². The molecule has 2 fully saturated rings. The van der Waals surface area contributed by atoms with Crippen LogP contribution in [0.1, 0.15) is 18.4 Å². The van der Waals surface area contributed by atoms with Crippen LogP contribution < -0.4 is 10.2 Å². The van der Waals surface area contributed by atoms with Crippen molar-refractivity contribution < 1.29 is 0 Å². The van der Waals surface area contributed by atoms with Gasteiger partial charge < -0.3 is 15.1 Å². The van der Waals surface area contributed by atoms with E-state index in [9.17, 15) is 0 Å². The molecule has 2 aliphatic rings. The van der Waals surface area contributed by atoms with Gasteiger partial charge in [-0.25, -0.2) is 4.98 Å². The van der Waals surface area contributed by atoms with E-state index in [1.807, 2.05) is 25.4 Å². The Morgan fingerprint density at radius 1 is 1.04 bits per heavy atom. The Labute approximate surface area is 178 Å². The minimum atomic E-state index is 0. The molecule has 5 nitrogen and oxygen atoms in total. The summed E-state index contributed by atoms with van der Waals surface area (Å²) in [5.74, 6) is 2.09. The number of benzene rings is 1. The van der Waals surface area contributed by atoms with Crippen molar-refractivity contribution in [2.24, 2.45) is 4.99 Å². The van der Waals surface area contributed by atoms with E-state index < -0.39 is 0 Å². The average molecular weight is 477 g/mol. The number of rotatable bonds is 4. The van der Waals surface area contributed by atoms with Crippen molar-refractivity contribution in [1.82, 2.24) is 15.2 Å². The lowest BCUT2D eigenvalue weighted by atomic mass is 9.96. The molecule has 1 aliphatic carbocycles. The van der Waals surface area contributed by atoms with E-state index in [1.165, 1.54) is 18.4 Å². The molecule has 0 radical (unpaired) electrons. The third-order valence-corrected chi connectivity index (χ3v) is 5.59. The number of pyridine rings is 1. The lowest BCUT2D eigenvalue weighted by molar-refractivity contribution is 0.369. The van der Waals surface area contributed by atoms with E-state index in [1.54, 1.807) is 0 Å². The van der Waals surface area contributed by atoms with Crippen LogP contribution in [0.25, 0.3) is 0 Å². The van der Waals surface area contributed by atoms with E-state index in [4.69, 9.17) is 0 Å². The van der Waals surface area contributed by atoms with Crippen LogP contribution in [0.15, 0.2) is 59.7 Å². The Bertz CT molecular complexity index is 738. The summed E-state index contributed by atoms with van der Waals surface area (Å²) in [5.41, 5.74) is 1.75. The van der Waals surface area contributed by atoms with E-state index in [-0.39, 0.29) is 24.0 Å². The van der Waals surface area contributed by atoms with Gasteiger partial charge in [0.15, 0.2) is 5.96 Å². The van der Waals surface area contributed by atoms with Gasteiger partial charge in [0.1, 0.15) is 5.82 Å². The van der Waals surface area contributed by atoms with E-state index in [0.29, 0.717) is 5.41 Å². The van der Waals surface area contributed by atoms with E-state index in [0.717, 1.165) is 44.5 Å². The molecule has 1 aliphatic heterocycles. The average Bonchev–Trinajstić information content (AvgIpc) is 3.51. The first kappa shape index (κ1) is 19.9. The highest BCUT2D eigenvalue weighted by molar-refractivity contribution is 14.0. The van der Waals surface area contributed by atoms with Crippen molar-refractivity contribution in [1.29, 1.82) is 0 Å². The van der Waals surface area contributed by atoms with Crippen LogP contribution in [0, 0.1) is 0 Å². The number of hydrogen-bond acceptors (Lipinski definition) is 3. The SMILES string of the molecule is CN=C(NCC1(c2ccccc2)CC1)N1CCN(c2ccccn2)CC1.I. The number of anilines is 1. The number of aliphatic imine (C=N–C) groups is 1. The van der Waals surface area contributed by atoms with Crippen molar-refractivity contribution in [3.8, 4) is 0 Å². The molecule has 6 heteroatoms. The Morgan fingerprint density at radius 2 is 1.74 bits per heavy atom. The van der Waals surface area contributed by atoms with Gasteiger partial charge in [-0.05, 0) is 30.5 Å². The molecule has 1 saturated heterocycles. The van der Waals surface area contributed by atoms with Crippen LogP contribution in [-0.2, 0) is 5.41 Å². The Hall–Kier alpha value is -1.83. The van der Waals surface area contributed by atoms with Crippen molar-refractivity contribution in [3.05, 3.63) is 60.3 Å². The molecule has 1 aromatic carbocycles. The minimum Gasteiger partial charge on any atom is -0.355 e. The zero-order valence-electron chi connectivity index (χ0n) is 15.8. The Kier molecular flexibility index (Phi) is 6.57. The van der Waals surface area contributed by atoms with Crippen LogP contribution in [0.4, 0.5) is 5.82 Å². The molecule has 4 rings (SSSR count). The van der Waals surface area contributed by atoms with Crippen LogP contribution in [-0.4, -0.2) is 55.6 Å². The summed E-state index contributed by atoms with van der Waals surface area (Å²) in [4.78, 5) is 13.7.